The monoisotopic (exact) mass is 200 g/mol. The second kappa shape index (κ2) is 3.87. The highest BCUT2D eigenvalue weighted by molar-refractivity contribution is 5.79. The molecular formula is C8H3F3N2O. The largest absolute Gasteiger partial charge is 0.298 e. The van der Waals surface area contributed by atoms with Crippen LogP contribution >= 0.6 is 0 Å². The van der Waals surface area contributed by atoms with E-state index >= 15 is 0 Å². The molecule has 3 nitrogen and oxygen atoms in total. The summed E-state index contributed by atoms with van der Waals surface area (Å²) in [6, 6.07) is 2.02. The predicted molar refractivity (Wildman–Crippen MR) is 39.3 cm³/mol. The van der Waals surface area contributed by atoms with Gasteiger partial charge in [-0.05, 0) is 0 Å². The average molecular weight is 200 g/mol. The maximum absolute atomic E-state index is 12.6. The second-order valence-corrected chi connectivity index (χ2v) is 2.32. The molecule has 0 N–H and O–H groups in total. The average Bonchev–Trinajstić information content (AvgIpc) is 2.16. The number of rotatable bonds is 2. The van der Waals surface area contributed by atoms with E-state index < -0.39 is 29.2 Å². The highest BCUT2D eigenvalue weighted by atomic mass is 19.3. The van der Waals surface area contributed by atoms with Gasteiger partial charge in [-0.3, -0.25) is 4.79 Å². The highest BCUT2D eigenvalue weighted by Gasteiger charge is 2.19. The van der Waals surface area contributed by atoms with E-state index in [4.69, 9.17) is 5.26 Å². The van der Waals surface area contributed by atoms with Gasteiger partial charge in [0.15, 0.2) is 6.29 Å². The lowest BCUT2D eigenvalue weighted by atomic mass is 10.1. The molecule has 0 aromatic carbocycles. The zero-order valence-electron chi connectivity index (χ0n) is 6.67. The SMILES string of the molecule is N#Cc1c(C=O)cc(F)nc1C(F)F. The Labute approximate surface area is 76.8 Å². The number of halogens is 3. The minimum Gasteiger partial charge on any atom is -0.298 e. The molecule has 14 heavy (non-hydrogen) atoms. The normalized spacial score (nSPS) is 9.93. The summed E-state index contributed by atoms with van der Waals surface area (Å²) in [5.41, 5.74) is -2.01. The Bertz CT molecular complexity index is 412. The van der Waals surface area contributed by atoms with E-state index in [0.717, 1.165) is 0 Å². The van der Waals surface area contributed by atoms with E-state index in [1.807, 2.05) is 0 Å². The number of hydrogen-bond donors (Lipinski definition) is 0. The molecule has 1 aromatic rings. The van der Waals surface area contributed by atoms with Gasteiger partial charge < -0.3 is 0 Å². The van der Waals surface area contributed by atoms with Crippen LogP contribution in [0.3, 0.4) is 0 Å². The number of alkyl halides is 2. The van der Waals surface area contributed by atoms with Gasteiger partial charge in [-0.1, -0.05) is 0 Å². The summed E-state index contributed by atoms with van der Waals surface area (Å²) in [6.07, 6.45) is -2.95. The van der Waals surface area contributed by atoms with Crippen LogP contribution in [0.2, 0.25) is 0 Å². The van der Waals surface area contributed by atoms with Crippen molar-refractivity contribution >= 4 is 6.29 Å². The van der Waals surface area contributed by atoms with Crippen molar-refractivity contribution in [2.24, 2.45) is 0 Å². The minimum atomic E-state index is -3.08. The van der Waals surface area contributed by atoms with Crippen LogP contribution in [0, 0.1) is 17.3 Å². The lowest BCUT2D eigenvalue weighted by Gasteiger charge is -2.03. The first-order chi connectivity index (χ1) is 6.60. The number of hydrogen-bond acceptors (Lipinski definition) is 3. The number of pyridine rings is 1. The van der Waals surface area contributed by atoms with Crippen molar-refractivity contribution < 1.29 is 18.0 Å². The summed E-state index contributed by atoms with van der Waals surface area (Å²) < 4.78 is 37.0. The van der Waals surface area contributed by atoms with Crippen LogP contribution in [-0.4, -0.2) is 11.3 Å². The first-order valence-corrected chi connectivity index (χ1v) is 3.44. The zero-order chi connectivity index (χ0) is 10.7. The van der Waals surface area contributed by atoms with Crippen LogP contribution < -0.4 is 0 Å². The number of nitriles is 1. The Morgan fingerprint density at radius 3 is 2.64 bits per heavy atom. The molecule has 0 aliphatic heterocycles. The fourth-order valence-electron chi connectivity index (χ4n) is 0.924. The van der Waals surface area contributed by atoms with Crippen LogP contribution in [0.15, 0.2) is 6.07 Å². The summed E-state index contributed by atoms with van der Waals surface area (Å²) in [5, 5.41) is 8.47. The number of nitrogens with zero attached hydrogens (tertiary/aromatic N) is 2. The Kier molecular flexibility index (Phi) is 2.82. The van der Waals surface area contributed by atoms with Crippen molar-refractivity contribution in [1.29, 1.82) is 5.26 Å². The van der Waals surface area contributed by atoms with E-state index in [1.165, 1.54) is 6.07 Å². The Morgan fingerprint density at radius 1 is 1.57 bits per heavy atom. The van der Waals surface area contributed by atoms with Gasteiger partial charge in [0.25, 0.3) is 6.43 Å². The third-order valence-corrected chi connectivity index (χ3v) is 1.49. The maximum atomic E-state index is 12.6. The number of carbonyl (C=O) groups excluding carboxylic acids is 1. The summed E-state index contributed by atoms with van der Waals surface area (Å²) >= 11 is 0. The van der Waals surface area contributed by atoms with Crippen molar-refractivity contribution in [2.75, 3.05) is 0 Å². The van der Waals surface area contributed by atoms with Crippen molar-refractivity contribution in [1.82, 2.24) is 4.98 Å². The molecule has 0 aliphatic carbocycles. The van der Waals surface area contributed by atoms with Crippen LogP contribution in [0.5, 0.6) is 0 Å². The Morgan fingerprint density at radius 2 is 2.21 bits per heavy atom. The van der Waals surface area contributed by atoms with E-state index in [0.29, 0.717) is 6.07 Å². The summed E-state index contributed by atoms with van der Waals surface area (Å²) in [6.45, 7) is 0. The molecule has 1 aromatic heterocycles. The molecule has 1 rings (SSSR count). The van der Waals surface area contributed by atoms with Gasteiger partial charge in [0, 0.05) is 11.6 Å². The number of carbonyl (C=O) groups is 1. The van der Waals surface area contributed by atoms with E-state index in [9.17, 15) is 18.0 Å². The number of aromatic nitrogens is 1. The van der Waals surface area contributed by atoms with Crippen LogP contribution in [0.1, 0.15) is 28.0 Å². The van der Waals surface area contributed by atoms with Gasteiger partial charge >= 0.3 is 0 Å². The molecule has 0 amide bonds. The van der Waals surface area contributed by atoms with Gasteiger partial charge in [-0.15, -0.1) is 0 Å². The molecule has 0 fully saturated rings. The second-order valence-electron chi connectivity index (χ2n) is 2.32. The molecule has 0 aliphatic rings. The molecule has 0 unspecified atom stereocenters. The summed E-state index contributed by atoms with van der Waals surface area (Å²) in [5.74, 6) is -1.21. The third-order valence-electron chi connectivity index (χ3n) is 1.49. The molecule has 0 atom stereocenters. The topological polar surface area (TPSA) is 53.8 Å². The minimum absolute atomic E-state index is 0.134. The smallest absolute Gasteiger partial charge is 0.281 e. The van der Waals surface area contributed by atoms with Crippen molar-refractivity contribution in [3.05, 3.63) is 28.8 Å². The van der Waals surface area contributed by atoms with Gasteiger partial charge in [0.05, 0.1) is 5.56 Å². The van der Waals surface area contributed by atoms with Crippen LogP contribution in [0.25, 0.3) is 0 Å². The van der Waals surface area contributed by atoms with E-state index in [1.54, 1.807) is 0 Å². The molecular weight excluding hydrogens is 197 g/mol. The lowest BCUT2D eigenvalue weighted by molar-refractivity contribution is 0.112. The number of aldehydes is 1. The van der Waals surface area contributed by atoms with Crippen LogP contribution in [0.4, 0.5) is 13.2 Å². The Hall–Kier alpha value is -1.90. The molecule has 72 valence electrons. The quantitative estimate of drug-likeness (QED) is 0.540. The predicted octanol–water partition coefficient (Wildman–Crippen LogP) is 1.84. The fraction of sp³-hybridized carbons (Fsp3) is 0.125. The fourth-order valence-corrected chi connectivity index (χ4v) is 0.924. The van der Waals surface area contributed by atoms with Gasteiger partial charge in [-0.2, -0.15) is 9.65 Å². The Balaban J connectivity index is 3.49. The molecule has 0 spiro atoms. The first-order valence-electron chi connectivity index (χ1n) is 3.44. The van der Waals surface area contributed by atoms with E-state index in [2.05, 4.69) is 4.98 Å². The molecule has 0 radical (unpaired) electrons. The van der Waals surface area contributed by atoms with Gasteiger partial charge in [0.1, 0.15) is 11.8 Å². The van der Waals surface area contributed by atoms with E-state index in [-0.39, 0.29) is 6.29 Å². The highest BCUT2D eigenvalue weighted by Crippen LogP contribution is 2.22. The molecule has 0 saturated carbocycles. The summed E-state index contributed by atoms with van der Waals surface area (Å²) in [4.78, 5) is 13.2. The molecule has 0 saturated heterocycles. The standard InChI is InChI=1S/C8H3F3N2O/c9-6-1-4(3-14)5(2-12)7(13-6)8(10)11/h1,3,8H. The zero-order valence-corrected chi connectivity index (χ0v) is 6.67. The van der Waals surface area contributed by atoms with Crippen LogP contribution in [-0.2, 0) is 0 Å². The van der Waals surface area contributed by atoms with Crippen molar-refractivity contribution in [2.45, 2.75) is 6.43 Å². The molecule has 1 heterocycles. The van der Waals surface area contributed by atoms with Gasteiger partial charge in [0.2, 0.25) is 5.95 Å². The van der Waals surface area contributed by atoms with Crippen molar-refractivity contribution in [3.8, 4) is 6.07 Å². The summed E-state index contributed by atoms with van der Waals surface area (Å²) in [7, 11) is 0. The first kappa shape index (κ1) is 10.2. The molecule has 6 heteroatoms. The lowest BCUT2D eigenvalue weighted by Crippen LogP contribution is -2.02. The third kappa shape index (κ3) is 1.71. The van der Waals surface area contributed by atoms with Gasteiger partial charge in [-0.25, -0.2) is 13.8 Å². The molecule has 0 bridgehead atoms. The maximum Gasteiger partial charge on any atom is 0.281 e. The van der Waals surface area contributed by atoms with Crippen molar-refractivity contribution in [3.63, 3.8) is 0 Å².